The van der Waals surface area contributed by atoms with E-state index in [9.17, 15) is 14.7 Å². The maximum absolute atomic E-state index is 12.4. The summed E-state index contributed by atoms with van der Waals surface area (Å²) in [6.07, 6.45) is 2.88. The molecule has 1 amide bonds. The van der Waals surface area contributed by atoms with Gasteiger partial charge in [0, 0.05) is 31.3 Å². The average molecular weight is 365 g/mol. The van der Waals surface area contributed by atoms with E-state index in [0.717, 1.165) is 32.5 Å². The third-order valence-electron chi connectivity index (χ3n) is 4.65. The van der Waals surface area contributed by atoms with Crippen LogP contribution in [-0.2, 0) is 14.3 Å². The zero-order chi connectivity index (χ0) is 18.9. The molecule has 1 aromatic carbocycles. The van der Waals surface area contributed by atoms with Crippen molar-refractivity contribution >= 4 is 11.9 Å². The number of methoxy groups -OCH3 is 2. The van der Waals surface area contributed by atoms with Gasteiger partial charge >= 0.3 is 5.97 Å². The third kappa shape index (κ3) is 5.91. The summed E-state index contributed by atoms with van der Waals surface area (Å²) in [6, 6.07) is 4.47. The molecule has 1 aromatic rings. The van der Waals surface area contributed by atoms with E-state index in [-0.39, 0.29) is 12.3 Å². The van der Waals surface area contributed by atoms with Crippen molar-refractivity contribution in [1.82, 2.24) is 5.32 Å². The summed E-state index contributed by atoms with van der Waals surface area (Å²) in [5.74, 6) is 0.437. The molecule has 0 bridgehead atoms. The number of carbonyl (C=O) groups is 2. The summed E-state index contributed by atoms with van der Waals surface area (Å²) in [6.45, 7) is 1.49. The number of amides is 1. The summed E-state index contributed by atoms with van der Waals surface area (Å²) in [5.41, 5.74) is 0.620. The van der Waals surface area contributed by atoms with Gasteiger partial charge in [-0.15, -0.1) is 0 Å². The highest BCUT2D eigenvalue weighted by Gasteiger charge is 2.23. The lowest BCUT2D eigenvalue weighted by molar-refractivity contribution is -0.137. The molecule has 7 heteroatoms. The fraction of sp³-hybridized carbons (Fsp3) is 0.579. The monoisotopic (exact) mass is 365 g/mol. The van der Waals surface area contributed by atoms with Crippen LogP contribution in [0.5, 0.6) is 11.5 Å². The van der Waals surface area contributed by atoms with Crippen LogP contribution >= 0.6 is 0 Å². The minimum atomic E-state index is -0.988. The molecule has 0 radical (unpaired) electrons. The molecule has 2 N–H and O–H groups in total. The SMILES string of the molecule is COc1ccc(C(CC(=O)O)NC(=O)CCC2CCOCC2)c(OC)c1. The fourth-order valence-corrected chi connectivity index (χ4v) is 3.16. The number of carboxylic acids is 1. The van der Waals surface area contributed by atoms with Gasteiger partial charge in [-0.25, -0.2) is 0 Å². The van der Waals surface area contributed by atoms with E-state index in [1.807, 2.05) is 0 Å². The quantitative estimate of drug-likeness (QED) is 0.698. The van der Waals surface area contributed by atoms with Gasteiger partial charge in [-0.2, -0.15) is 0 Å². The van der Waals surface area contributed by atoms with Crippen LogP contribution in [0.4, 0.5) is 0 Å². The highest BCUT2D eigenvalue weighted by molar-refractivity contribution is 5.78. The standard InChI is InChI=1S/C19H27NO6/c1-24-14-4-5-15(17(11-14)25-2)16(12-19(22)23)20-18(21)6-3-13-7-9-26-10-8-13/h4-5,11,13,16H,3,6-10,12H2,1-2H3,(H,20,21)(H,22,23). The van der Waals surface area contributed by atoms with Crippen molar-refractivity contribution in [2.24, 2.45) is 5.92 Å². The predicted octanol–water partition coefficient (Wildman–Crippen LogP) is 2.54. The number of hydrogen-bond donors (Lipinski definition) is 2. The minimum absolute atomic E-state index is 0.152. The first-order valence-corrected chi connectivity index (χ1v) is 8.84. The summed E-state index contributed by atoms with van der Waals surface area (Å²) in [5, 5.41) is 12.1. The van der Waals surface area contributed by atoms with Crippen molar-refractivity contribution < 1.29 is 28.9 Å². The average Bonchev–Trinajstić information content (AvgIpc) is 2.65. The van der Waals surface area contributed by atoms with Gasteiger partial charge in [0.1, 0.15) is 11.5 Å². The Morgan fingerprint density at radius 2 is 2.00 bits per heavy atom. The zero-order valence-corrected chi connectivity index (χ0v) is 15.3. The van der Waals surface area contributed by atoms with E-state index < -0.39 is 12.0 Å². The lowest BCUT2D eigenvalue weighted by atomic mass is 9.94. The second-order valence-electron chi connectivity index (χ2n) is 6.42. The highest BCUT2D eigenvalue weighted by Crippen LogP contribution is 2.31. The molecule has 144 valence electrons. The van der Waals surface area contributed by atoms with E-state index >= 15 is 0 Å². The highest BCUT2D eigenvalue weighted by atomic mass is 16.5. The first-order valence-electron chi connectivity index (χ1n) is 8.84. The van der Waals surface area contributed by atoms with Crippen LogP contribution < -0.4 is 14.8 Å². The van der Waals surface area contributed by atoms with Crippen LogP contribution in [0.1, 0.15) is 43.7 Å². The largest absolute Gasteiger partial charge is 0.497 e. The van der Waals surface area contributed by atoms with Gasteiger partial charge in [0.15, 0.2) is 0 Å². The van der Waals surface area contributed by atoms with Gasteiger partial charge in [-0.1, -0.05) is 0 Å². The molecule has 26 heavy (non-hydrogen) atoms. The number of carbonyl (C=O) groups excluding carboxylic acids is 1. The molecular weight excluding hydrogens is 338 g/mol. The zero-order valence-electron chi connectivity index (χ0n) is 15.3. The number of aliphatic carboxylic acids is 1. The summed E-state index contributed by atoms with van der Waals surface area (Å²) < 4.78 is 15.8. The van der Waals surface area contributed by atoms with E-state index in [1.165, 1.54) is 7.11 Å². The van der Waals surface area contributed by atoms with Gasteiger partial charge in [0.25, 0.3) is 0 Å². The summed E-state index contributed by atoms with van der Waals surface area (Å²) in [7, 11) is 3.05. The molecule has 1 fully saturated rings. The smallest absolute Gasteiger partial charge is 0.305 e. The lowest BCUT2D eigenvalue weighted by Crippen LogP contribution is -2.31. The van der Waals surface area contributed by atoms with Crippen LogP contribution in [0.25, 0.3) is 0 Å². The maximum atomic E-state index is 12.4. The van der Waals surface area contributed by atoms with E-state index in [1.54, 1.807) is 25.3 Å². The number of ether oxygens (including phenoxy) is 3. The molecule has 0 saturated carbocycles. The number of hydrogen-bond acceptors (Lipinski definition) is 5. The molecule has 2 rings (SSSR count). The van der Waals surface area contributed by atoms with Crippen molar-refractivity contribution in [1.29, 1.82) is 0 Å². The van der Waals surface area contributed by atoms with E-state index in [2.05, 4.69) is 5.32 Å². The second kappa shape index (κ2) is 10.0. The van der Waals surface area contributed by atoms with Crippen molar-refractivity contribution in [3.8, 4) is 11.5 Å². The van der Waals surface area contributed by atoms with E-state index in [4.69, 9.17) is 14.2 Å². The molecule has 1 atom stereocenters. The van der Waals surface area contributed by atoms with E-state index in [0.29, 0.717) is 29.4 Å². The topological polar surface area (TPSA) is 94.1 Å². The van der Waals surface area contributed by atoms with Crippen LogP contribution in [0, 0.1) is 5.92 Å². The van der Waals surface area contributed by atoms with Crippen LogP contribution in [0.3, 0.4) is 0 Å². The maximum Gasteiger partial charge on any atom is 0.305 e. The fourth-order valence-electron chi connectivity index (χ4n) is 3.16. The molecule has 0 aromatic heterocycles. The Bertz CT molecular complexity index is 612. The minimum Gasteiger partial charge on any atom is -0.497 e. The molecule has 0 spiro atoms. The molecule has 1 heterocycles. The predicted molar refractivity (Wildman–Crippen MR) is 95.5 cm³/mol. The molecule has 1 aliphatic heterocycles. The Hall–Kier alpha value is -2.28. The van der Waals surface area contributed by atoms with Crippen LogP contribution in [-0.4, -0.2) is 44.4 Å². The molecule has 1 saturated heterocycles. The number of nitrogens with one attached hydrogen (secondary N) is 1. The number of rotatable bonds is 9. The van der Waals surface area contributed by atoms with Crippen molar-refractivity contribution in [3.05, 3.63) is 23.8 Å². The Balaban J connectivity index is 2.04. The first kappa shape index (κ1) is 20.0. The molecular formula is C19H27NO6. The second-order valence-corrected chi connectivity index (χ2v) is 6.42. The van der Waals surface area contributed by atoms with Crippen LogP contribution in [0.2, 0.25) is 0 Å². The van der Waals surface area contributed by atoms with Gasteiger partial charge in [0.2, 0.25) is 5.91 Å². The lowest BCUT2D eigenvalue weighted by Gasteiger charge is -2.23. The van der Waals surface area contributed by atoms with Gasteiger partial charge in [-0.05, 0) is 37.3 Å². The Kier molecular flexibility index (Phi) is 7.72. The molecule has 1 aliphatic rings. The van der Waals surface area contributed by atoms with Gasteiger partial charge < -0.3 is 24.6 Å². The first-order chi connectivity index (χ1) is 12.5. The summed E-state index contributed by atoms with van der Waals surface area (Å²) >= 11 is 0. The van der Waals surface area contributed by atoms with Crippen LogP contribution in [0.15, 0.2) is 18.2 Å². The van der Waals surface area contributed by atoms with Crippen molar-refractivity contribution in [2.75, 3.05) is 27.4 Å². The molecule has 0 aliphatic carbocycles. The van der Waals surface area contributed by atoms with Gasteiger partial charge in [0.05, 0.1) is 26.7 Å². The van der Waals surface area contributed by atoms with Gasteiger partial charge in [-0.3, -0.25) is 9.59 Å². The molecule has 1 unspecified atom stereocenters. The molecule has 7 nitrogen and oxygen atoms in total. The van der Waals surface area contributed by atoms with Crippen molar-refractivity contribution in [2.45, 2.75) is 38.1 Å². The Morgan fingerprint density at radius 1 is 1.27 bits per heavy atom. The Labute approximate surface area is 153 Å². The summed E-state index contributed by atoms with van der Waals surface area (Å²) in [4.78, 5) is 23.6. The third-order valence-corrected chi connectivity index (χ3v) is 4.65. The van der Waals surface area contributed by atoms with Crippen molar-refractivity contribution in [3.63, 3.8) is 0 Å². The normalized spacial score (nSPS) is 15.9. The number of benzene rings is 1. The Morgan fingerprint density at radius 3 is 2.62 bits per heavy atom. The number of carboxylic acid groups (broad SMARTS) is 1.